The Kier molecular flexibility index (Phi) is 5.56. The van der Waals surface area contributed by atoms with E-state index in [1.165, 1.54) is 23.9 Å². The Morgan fingerprint density at radius 1 is 1.27 bits per heavy atom. The number of hydrogen-bond acceptors (Lipinski definition) is 3. The third-order valence-electron chi connectivity index (χ3n) is 4.38. The molecule has 3 rings (SSSR count). The molecule has 2 aromatic rings. The van der Waals surface area contributed by atoms with Crippen molar-refractivity contribution in [1.82, 2.24) is 5.32 Å². The SMILES string of the molecule is Cc1ccc2c(c1)OC(C)(C)C[C@@H]2NC(=O)CSCc1ccc(F)cc1. The molecule has 0 saturated carbocycles. The third-order valence-corrected chi connectivity index (χ3v) is 5.38. The van der Waals surface area contributed by atoms with Crippen LogP contribution in [-0.2, 0) is 10.5 Å². The standard InChI is InChI=1S/C21H24FNO2S/c1-14-4-9-17-18(11-21(2,3)25-19(17)10-14)23-20(24)13-26-12-15-5-7-16(22)8-6-15/h4-10,18H,11-13H2,1-3H3,(H,23,24)/t18-/m0/s1. The number of carbonyl (C=O) groups is 1. The Bertz CT molecular complexity index is 789. The minimum Gasteiger partial charge on any atom is -0.487 e. The molecule has 26 heavy (non-hydrogen) atoms. The fourth-order valence-electron chi connectivity index (χ4n) is 3.17. The molecule has 138 valence electrons. The molecule has 1 heterocycles. The van der Waals surface area contributed by atoms with Crippen LogP contribution in [0.2, 0.25) is 0 Å². The molecule has 0 unspecified atom stereocenters. The average Bonchev–Trinajstić information content (AvgIpc) is 2.55. The molecular weight excluding hydrogens is 349 g/mol. The van der Waals surface area contributed by atoms with Crippen LogP contribution in [0.4, 0.5) is 4.39 Å². The van der Waals surface area contributed by atoms with E-state index in [4.69, 9.17) is 4.74 Å². The summed E-state index contributed by atoms with van der Waals surface area (Å²) < 4.78 is 19.0. The van der Waals surface area contributed by atoms with Crippen molar-refractivity contribution in [2.45, 2.75) is 44.6 Å². The van der Waals surface area contributed by atoms with Gasteiger partial charge in [-0.2, -0.15) is 0 Å². The van der Waals surface area contributed by atoms with Gasteiger partial charge in [-0.3, -0.25) is 4.79 Å². The Morgan fingerprint density at radius 2 is 2.00 bits per heavy atom. The Morgan fingerprint density at radius 3 is 2.73 bits per heavy atom. The van der Waals surface area contributed by atoms with E-state index in [0.717, 1.165) is 28.9 Å². The number of ether oxygens (including phenoxy) is 1. The van der Waals surface area contributed by atoms with Gasteiger partial charge in [0.05, 0.1) is 11.8 Å². The maximum absolute atomic E-state index is 12.9. The molecule has 0 spiro atoms. The molecule has 1 N–H and O–H groups in total. The largest absolute Gasteiger partial charge is 0.487 e. The maximum Gasteiger partial charge on any atom is 0.230 e. The zero-order valence-corrected chi connectivity index (χ0v) is 16.2. The van der Waals surface area contributed by atoms with Gasteiger partial charge in [0.25, 0.3) is 0 Å². The quantitative estimate of drug-likeness (QED) is 0.819. The minimum atomic E-state index is -0.319. The summed E-state index contributed by atoms with van der Waals surface area (Å²) >= 11 is 1.53. The summed E-state index contributed by atoms with van der Waals surface area (Å²) in [5.74, 6) is 1.67. The Labute approximate surface area is 158 Å². The van der Waals surface area contributed by atoms with E-state index in [0.29, 0.717) is 11.5 Å². The predicted octanol–water partition coefficient (Wildman–Crippen LogP) is 4.79. The number of hydrogen-bond donors (Lipinski definition) is 1. The number of nitrogens with one attached hydrogen (secondary N) is 1. The van der Waals surface area contributed by atoms with Gasteiger partial charge >= 0.3 is 0 Å². The van der Waals surface area contributed by atoms with E-state index in [-0.39, 0.29) is 23.4 Å². The monoisotopic (exact) mass is 373 g/mol. The van der Waals surface area contributed by atoms with Crippen molar-refractivity contribution in [3.8, 4) is 5.75 Å². The summed E-state index contributed by atoms with van der Waals surface area (Å²) in [5, 5.41) is 3.15. The summed E-state index contributed by atoms with van der Waals surface area (Å²) in [7, 11) is 0. The highest BCUT2D eigenvalue weighted by Gasteiger charge is 2.34. The molecule has 3 nitrogen and oxygen atoms in total. The first kappa shape index (κ1) is 18.8. The summed E-state index contributed by atoms with van der Waals surface area (Å²) in [6.07, 6.45) is 0.734. The van der Waals surface area contributed by atoms with Crippen molar-refractivity contribution in [1.29, 1.82) is 0 Å². The van der Waals surface area contributed by atoms with Crippen LogP contribution in [-0.4, -0.2) is 17.3 Å². The summed E-state index contributed by atoms with van der Waals surface area (Å²) in [6.45, 7) is 6.12. The number of thioether (sulfide) groups is 1. The van der Waals surface area contributed by atoms with Crippen LogP contribution in [0.25, 0.3) is 0 Å². The highest BCUT2D eigenvalue weighted by Crippen LogP contribution is 2.39. The van der Waals surface area contributed by atoms with Gasteiger partial charge in [-0.05, 0) is 50.1 Å². The molecule has 0 bridgehead atoms. The number of benzene rings is 2. The molecule has 5 heteroatoms. The van der Waals surface area contributed by atoms with Crippen molar-refractivity contribution in [3.05, 3.63) is 65.0 Å². The highest BCUT2D eigenvalue weighted by molar-refractivity contribution is 7.99. The second-order valence-electron chi connectivity index (χ2n) is 7.35. The van der Waals surface area contributed by atoms with Crippen LogP contribution in [0.5, 0.6) is 5.75 Å². The third kappa shape index (κ3) is 4.79. The minimum absolute atomic E-state index is 0.00587. The van der Waals surface area contributed by atoms with E-state index < -0.39 is 0 Å². The molecule has 0 aromatic heterocycles. The number of fused-ring (bicyclic) bond motifs is 1. The first-order valence-electron chi connectivity index (χ1n) is 8.73. The van der Waals surface area contributed by atoms with Gasteiger partial charge in [-0.1, -0.05) is 24.3 Å². The van der Waals surface area contributed by atoms with Crippen molar-refractivity contribution in [2.24, 2.45) is 0 Å². The van der Waals surface area contributed by atoms with Crippen LogP contribution in [0.3, 0.4) is 0 Å². The van der Waals surface area contributed by atoms with Gasteiger partial charge in [0, 0.05) is 17.7 Å². The first-order chi connectivity index (χ1) is 12.3. The van der Waals surface area contributed by atoms with Gasteiger partial charge in [0.15, 0.2) is 0 Å². The molecule has 1 aliphatic heterocycles. The summed E-state index contributed by atoms with van der Waals surface area (Å²) in [4.78, 5) is 12.4. The molecule has 0 saturated heterocycles. The Balaban J connectivity index is 1.59. The smallest absolute Gasteiger partial charge is 0.230 e. The van der Waals surface area contributed by atoms with E-state index in [2.05, 4.69) is 5.32 Å². The molecule has 0 aliphatic carbocycles. The zero-order chi connectivity index (χ0) is 18.7. The van der Waals surface area contributed by atoms with Gasteiger partial charge in [-0.25, -0.2) is 4.39 Å². The van der Waals surface area contributed by atoms with E-state index >= 15 is 0 Å². The lowest BCUT2D eigenvalue weighted by molar-refractivity contribution is -0.119. The van der Waals surface area contributed by atoms with Crippen molar-refractivity contribution >= 4 is 17.7 Å². The van der Waals surface area contributed by atoms with Crippen molar-refractivity contribution in [2.75, 3.05) is 5.75 Å². The number of halogens is 1. The lowest BCUT2D eigenvalue weighted by atomic mass is 9.89. The summed E-state index contributed by atoms with van der Waals surface area (Å²) in [5.41, 5.74) is 2.87. The van der Waals surface area contributed by atoms with Crippen molar-refractivity contribution in [3.63, 3.8) is 0 Å². The number of amides is 1. The van der Waals surface area contributed by atoms with Crippen LogP contribution < -0.4 is 10.1 Å². The second kappa shape index (κ2) is 7.70. The number of rotatable bonds is 5. The second-order valence-corrected chi connectivity index (χ2v) is 8.33. The van der Waals surface area contributed by atoms with E-state index in [1.807, 2.05) is 39.0 Å². The normalized spacial score (nSPS) is 17.9. The molecule has 1 aliphatic rings. The molecule has 1 amide bonds. The van der Waals surface area contributed by atoms with Gasteiger partial charge < -0.3 is 10.1 Å². The van der Waals surface area contributed by atoms with Gasteiger partial charge in [0.1, 0.15) is 17.2 Å². The van der Waals surface area contributed by atoms with Gasteiger partial charge in [-0.15, -0.1) is 11.8 Å². The molecule has 1 atom stereocenters. The Hall–Kier alpha value is -2.01. The van der Waals surface area contributed by atoms with Crippen molar-refractivity contribution < 1.29 is 13.9 Å². The fourth-order valence-corrected chi connectivity index (χ4v) is 3.96. The van der Waals surface area contributed by atoms with Crippen LogP contribution >= 0.6 is 11.8 Å². The maximum atomic E-state index is 12.9. The van der Waals surface area contributed by atoms with E-state index in [9.17, 15) is 9.18 Å². The molecule has 2 aromatic carbocycles. The fraction of sp³-hybridized carbons (Fsp3) is 0.381. The van der Waals surface area contributed by atoms with Gasteiger partial charge in [0.2, 0.25) is 5.91 Å². The number of carbonyl (C=O) groups excluding carboxylic acids is 1. The highest BCUT2D eigenvalue weighted by atomic mass is 32.2. The first-order valence-corrected chi connectivity index (χ1v) is 9.89. The summed E-state index contributed by atoms with van der Waals surface area (Å²) in [6, 6.07) is 12.4. The van der Waals surface area contributed by atoms with Crippen LogP contribution in [0.15, 0.2) is 42.5 Å². The lowest BCUT2D eigenvalue weighted by Crippen LogP contribution is -2.41. The molecular formula is C21H24FNO2S. The van der Waals surface area contributed by atoms with Crippen LogP contribution in [0.1, 0.15) is 43.0 Å². The lowest BCUT2D eigenvalue weighted by Gasteiger charge is -2.38. The molecule has 0 fully saturated rings. The van der Waals surface area contributed by atoms with Crippen LogP contribution in [0, 0.1) is 12.7 Å². The topological polar surface area (TPSA) is 38.3 Å². The van der Waals surface area contributed by atoms with E-state index in [1.54, 1.807) is 12.1 Å². The zero-order valence-electron chi connectivity index (χ0n) is 15.3. The average molecular weight is 373 g/mol. The number of aryl methyl sites for hydroxylation is 1. The predicted molar refractivity (Wildman–Crippen MR) is 104 cm³/mol. The molecule has 0 radical (unpaired) electrons.